The summed E-state index contributed by atoms with van der Waals surface area (Å²) in [7, 11) is 0. The van der Waals surface area contributed by atoms with Crippen LogP contribution in [0.4, 0.5) is 0 Å². The Morgan fingerprint density at radius 3 is 1.47 bits per heavy atom. The standard InChI is InChI=1S/C24H41N3O3.C2H6/c1-19(29)26-10-4-7-23-13-21-12-22(15-23,6-3-9-25-18-28)16-24(14-21,17-23)8-5-11-27-20(2)30;1-2/h18,21H,3-17H2,1-2H3,(H,25,28)(H,26,29)(H,27,30);1-2H3. The highest BCUT2D eigenvalue weighted by atomic mass is 16.2. The minimum absolute atomic E-state index is 0.0640. The fourth-order valence-electron chi connectivity index (χ4n) is 7.98. The third kappa shape index (κ3) is 7.21. The van der Waals surface area contributed by atoms with Gasteiger partial charge in [-0.05, 0) is 99.2 Å². The zero-order valence-electron chi connectivity index (χ0n) is 21.0. The largest absolute Gasteiger partial charge is 0.359 e. The Bertz CT molecular complexity index is 598. The summed E-state index contributed by atoms with van der Waals surface area (Å²) in [5.41, 5.74) is 1.26. The van der Waals surface area contributed by atoms with Crippen molar-refractivity contribution in [2.45, 2.75) is 105 Å². The van der Waals surface area contributed by atoms with Crippen LogP contribution in [0.3, 0.4) is 0 Å². The van der Waals surface area contributed by atoms with E-state index in [0.29, 0.717) is 16.2 Å². The second kappa shape index (κ2) is 12.0. The van der Waals surface area contributed by atoms with E-state index >= 15 is 0 Å². The summed E-state index contributed by atoms with van der Waals surface area (Å²) in [6, 6.07) is 0. The van der Waals surface area contributed by atoms with Crippen molar-refractivity contribution in [3.05, 3.63) is 0 Å². The Morgan fingerprint density at radius 2 is 1.12 bits per heavy atom. The number of hydrogen-bond acceptors (Lipinski definition) is 3. The molecule has 0 aromatic heterocycles. The van der Waals surface area contributed by atoms with Gasteiger partial charge in [-0.1, -0.05) is 13.8 Å². The average Bonchev–Trinajstić information content (AvgIpc) is 2.72. The zero-order valence-corrected chi connectivity index (χ0v) is 21.0. The third-order valence-corrected chi connectivity index (χ3v) is 8.04. The van der Waals surface area contributed by atoms with Crippen molar-refractivity contribution >= 4 is 18.2 Å². The molecule has 4 fully saturated rings. The van der Waals surface area contributed by atoms with Crippen molar-refractivity contribution in [1.29, 1.82) is 0 Å². The van der Waals surface area contributed by atoms with E-state index in [1.807, 2.05) is 13.8 Å². The van der Waals surface area contributed by atoms with Gasteiger partial charge in [-0.25, -0.2) is 0 Å². The van der Waals surface area contributed by atoms with Gasteiger partial charge in [0.1, 0.15) is 0 Å². The first-order valence-corrected chi connectivity index (χ1v) is 13.0. The molecule has 184 valence electrons. The predicted molar refractivity (Wildman–Crippen MR) is 129 cm³/mol. The molecule has 0 radical (unpaired) electrons. The van der Waals surface area contributed by atoms with Gasteiger partial charge in [0.25, 0.3) is 0 Å². The van der Waals surface area contributed by atoms with Crippen molar-refractivity contribution in [3.63, 3.8) is 0 Å². The van der Waals surface area contributed by atoms with Gasteiger partial charge in [0, 0.05) is 33.5 Å². The van der Waals surface area contributed by atoms with Gasteiger partial charge in [-0.3, -0.25) is 14.4 Å². The highest BCUT2D eigenvalue weighted by molar-refractivity contribution is 5.73. The van der Waals surface area contributed by atoms with Gasteiger partial charge >= 0.3 is 0 Å². The van der Waals surface area contributed by atoms with E-state index in [4.69, 9.17) is 0 Å². The van der Waals surface area contributed by atoms with E-state index in [0.717, 1.165) is 51.2 Å². The summed E-state index contributed by atoms with van der Waals surface area (Å²) < 4.78 is 0. The monoisotopic (exact) mass is 449 g/mol. The molecule has 0 aromatic carbocycles. The van der Waals surface area contributed by atoms with Gasteiger partial charge in [0.05, 0.1) is 0 Å². The zero-order chi connectivity index (χ0) is 23.7. The Kier molecular flexibility index (Phi) is 10.0. The molecular formula is C26H47N3O3. The maximum atomic E-state index is 11.3. The molecule has 0 spiro atoms. The summed E-state index contributed by atoms with van der Waals surface area (Å²) in [6.45, 7) is 9.54. The smallest absolute Gasteiger partial charge is 0.216 e. The summed E-state index contributed by atoms with van der Waals surface area (Å²) in [5.74, 6) is 0.949. The van der Waals surface area contributed by atoms with Crippen LogP contribution >= 0.6 is 0 Å². The van der Waals surface area contributed by atoms with E-state index in [1.54, 1.807) is 13.8 Å². The van der Waals surface area contributed by atoms with Crippen LogP contribution in [0.2, 0.25) is 0 Å². The second-order valence-electron chi connectivity index (χ2n) is 10.9. The lowest BCUT2D eigenvalue weighted by Gasteiger charge is -2.67. The molecule has 2 atom stereocenters. The highest BCUT2D eigenvalue weighted by Gasteiger charge is 2.61. The topological polar surface area (TPSA) is 87.3 Å². The minimum atomic E-state index is 0.0640. The minimum Gasteiger partial charge on any atom is -0.359 e. The molecule has 0 aromatic rings. The molecule has 2 unspecified atom stereocenters. The molecule has 4 bridgehead atoms. The molecule has 0 heterocycles. The van der Waals surface area contributed by atoms with Gasteiger partial charge in [-0.2, -0.15) is 0 Å². The van der Waals surface area contributed by atoms with E-state index < -0.39 is 0 Å². The molecule has 0 aliphatic heterocycles. The van der Waals surface area contributed by atoms with Crippen molar-refractivity contribution in [1.82, 2.24) is 16.0 Å². The van der Waals surface area contributed by atoms with Crippen molar-refractivity contribution in [2.24, 2.45) is 22.2 Å². The van der Waals surface area contributed by atoms with E-state index in [2.05, 4.69) is 16.0 Å². The normalized spacial score (nSPS) is 31.9. The molecule has 6 nitrogen and oxygen atoms in total. The fraction of sp³-hybridized carbons (Fsp3) is 0.885. The van der Waals surface area contributed by atoms with Crippen molar-refractivity contribution in [2.75, 3.05) is 19.6 Å². The average molecular weight is 450 g/mol. The lowest BCUT2D eigenvalue weighted by Crippen LogP contribution is -2.57. The van der Waals surface area contributed by atoms with Crippen molar-refractivity contribution in [3.8, 4) is 0 Å². The van der Waals surface area contributed by atoms with Gasteiger partial charge < -0.3 is 16.0 Å². The van der Waals surface area contributed by atoms with Gasteiger partial charge in [0.2, 0.25) is 18.2 Å². The summed E-state index contributed by atoms with van der Waals surface area (Å²) >= 11 is 0. The molecule has 4 rings (SSSR count). The molecule has 6 heteroatoms. The number of hydrogen-bond donors (Lipinski definition) is 3. The van der Waals surface area contributed by atoms with Crippen LogP contribution in [0.15, 0.2) is 0 Å². The Morgan fingerprint density at radius 1 is 0.750 bits per heavy atom. The van der Waals surface area contributed by atoms with Crippen LogP contribution in [0.1, 0.15) is 105 Å². The van der Waals surface area contributed by atoms with Crippen LogP contribution in [-0.4, -0.2) is 37.9 Å². The Hall–Kier alpha value is -1.59. The predicted octanol–water partition coefficient (Wildman–Crippen LogP) is 4.33. The molecule has 0 saturated heterocycles. The molecule has 4 aliphatic carbocycles. The third-order valence-electron chi connectivity index (χ3n) is 8.04. The Balaban J connectivity index is 0.00000176. The number of amides is 3. The SMILES string of the molecule is CC.CC(=O)NCCCC12CC3CC(CCCNC=O)(C1)CC(CCCNC(C)=O)(C3)C2. The molecule has 3 amide bonds. The lowest BCUT2D eigenvalue weighted by atomic mass is 9.37. The highest BCUT2D eigenvalue weighted by Crippen LogP contribution is 2.72. The number of nitrogens with one attached hydrogen (secondary N) is 3. The first-order chi connectivity index (χ1) is 15.3. The summed E-state index contributed by atoms with van der Waals surface area (Å²) in [4.78, 5) is 33.2. The van der Waals surface area contributed by atoms with Crippen LogP contribution in [0.25, 0.3) is 0 Å². The number of carbonyl (C=O) groups is 3. The first-order valence-electron chi connectivity index (χ1n) is 13.0. The van der Waals surface area contributed by atoms with E-state index in [-0.39, 0.29) is 11.8 Å². The van der Waals surface area contributed by atoms with Gasteiger partial charge in [0.15, 0.2) is 0 Å². The van der Waals surface area contributed by atoms with Gasteiger partial charge in [-0.15, -0.1) is 0 Å². The molecule has 32 heavy (non-hydrogen) atoms. The summed E-state index contributed by atoms with van der Waals surface area (Å²) in [5, 5.41) is 8.80. The number of carbonyl (C=O) groups excluding carboxylic acids is 3. The van der Waals surface area contributed by atoms with Crippen molar-refractivity contribution < 1.29 is 14.4 Å². The second-order valence-corrected chi connectivity index (χ2v) is 10.9. The maximum Gasteiger partial charge on any atom is 0.216 e. The molecule has 4 saturated carbocycles. The van der Waals surface area contributed by atoms with Crippen LogP contribution in [0, 0.1) is 22.2 Å². The quantitative estimate of drug-likeness (QED) is 0.289. The molecular weight excluding hydrogens is 402 g/mol. The summed E-state index contributed by atoms with van der Waals surface area (Å²) in [6.07, 6.45) is 15.7. The van der Waals surface area contributed by atoms with Crippen LogP contribution < -0.4 is 16.0 Å². The number of rotatable bonds is 13. The molecule has 4 aliphatic rings. The van der Waals surface area contributed by atoms with Crippen LogP contribution in [0.5, 0.6) is 0 Å². The maximum absolute atomic E-state index is 11.3. The first kappa shape index (κ1) is 26.7. The Labute approximate surface area is 195 Å². The molecule has 3 N–H and O–H groups in total. The fourth-order valence-corrected chi connectivity index (χ4v) is 7.98. The van der Waals surface area contributed by atoms with E-state index in [9.17, 15) is 14.4 Å². The lowest BCUT2D eigenvalue weighted by molar-refractivity contribution is -0.168. The van der Waals surface area contributed by atoms with E-state index in [1.165, 1.54) is 57.8 Å². The van der Waals surface area contributed by atoms with Crippen LogP contribution in [-0.2, 0) is 14.4 Å².